The molecule has 1 rings (SSSR count). The van der Waals surface area contributed by atoms with E-state index in [1.807, 2.05) is 0 Å². The molecule has 0 fully saturated rings. The molecule has 0 radical (unpaired) electrons. The van der Waals surface area contributed by atoms with Crippen LogP contribution in [0.5, 0.6) is 0 Å². The van der Waals surface area contributed by atoms with E-state index in [9.17, 15) is 14.9 Å². The van der Waals surface area contributed by atoms with E-state index in [0.717, 1.165) is 0 Å². The molecule has 0 aliphatic carbocycles. The van der Waals surface area contributed by atoms with Gasteiger partial charge in [-0.3, -0.25) is 14.9 Å². The van der Waals surface area contributed by atoms with Crippen LogP contribution in [0.1, 0.15) is 10.4 Å². The van der Waals surface area contributed by atoms with Gasteiger partial charge in [-0.2, -0.15) is 0 Å². The van der Waals surface area contributed by atoms with E-state index >= 15 is 0 Å². The fourth-order valence-corrected chi connectivity index (χ4v) is 1.46. The van der Waals surface area contributed by atoms with Crippen LogP contribution < -0.4 is 5.73 Å². The van der Waals surface area contributed by atoms with Crippen LogP contribution in [-0.4, -0.2) is 10.8 Å². The first-order valence-electron chi connectivity index (χ1n) is 3.26. The number of hydrogen-bond acceptors (Lipinski definition) is 3. The summed E-state index contributed by atoms with van der Waals surface area (Å²) < 4.78 is 0.328. The van der Waals surface area contributed by atoms with Crippen molar-refractivity contribution in [2.75, 3.05) is 0 Å². The minimum atomic E-state index is -0.820. The number of carbonyl (C=O) groups excluding carboxylic acids is 1. The van der Waals surface area contributed by atoms with Gasteiger partial charge >= 0.3 is 0 Å². The van der Waals surface area contributed by atoms with E-state index in [1.54, 1.807) is 0 Å². The second-order valence-corrected chi connectivity index (χ2v) is 3.11. The van der Waals surface area contributed by atoms with Gasteiger partial charge in [-0.25, -0.2) is 0 Å². The number of carbonyl (C=O) groups is 1. The number of halogens is 1. The van der Waals surface area contributed by atoms with Crippen molar-refractivity contribution in [2.45, 2.75) is 0 Å². The van der Waals surface area contributed by atoms with Crippen LogP contribution in [0.3, 0.4) is 0 Å². The van der Waals surface area contributed by atoms with E-state index in [1.165, 1.54) is 18.2 Å². The molecule has 1 aromatic carbocycles. The predicted octanol–water partition coefficient (Wildman–Crippen LogP) is 1.46. The Balaban J connectivity index is 3.43. The van der Waals surface area contributed by atoms with Crippen LogP contribution in [0.4, 0.5) is 5.69 Å². The lowest BCUT2D eigenvalue weighted by molar-refractivity contribution is -0.385. The predicted molar refractivity (Wildman–Crippen MR) is 49.3 cm³/mol. The molecule has 2 N–H and O–H groups in total. The van der Waals surface area contributed by atoms with Crippen LogP contribution in [0.25, 0.3) is 0 Å². The summed E-state index contributed by atoms with van der Waals surface area (Å²) in [5, 5.41) is 10.5. The highest BCUT2D eigenvalue weighted by atomic mass is 79.9. The third kappa shape index (κ3) is 1.83. The summed E-state index contributed by atoms with van der Waals surface area (Å²) in [5.74, 6) is -0.820. The van der Waals surface area contributed by atoms with Gasteiger partial charge in [0.15, 0.2) is 0 Å². The van der Waals surface area contributed by atoms with Crippen molar-refractivity contribution in [3.63, 3.8) is 0 Å². The number of amides is 1. The van der Waals surface area contributed by atoms with Crippen molar-refractivity contribution in [3.05, 3.63) is 38.3 Å². The maximum atomic E-state index is 10.8. The lowest BCUT2D eigenvalue weighted by Gasteiger charge is -1.99. The van der Waals surface area contributed by atoms with Gasteiger partial charge in [-0.05, 0) is 22.0 Å². The number of nitrogens with two attached hydrogens (primary N) is 1. The number of hydrogen-bond donors (Lipinski definition) is 1. The average Bonchev–Trinajstić information content (AvgIpc) is 2.02. The number of nitrogens with zero attached hydrogens (tertiary/aromatic N) is 1. The molecular formula is C7H5BrN2O3. The molecule has 5 nitrogen and oxygen atoms in total. The summed E-state index contributed by atoms with van der Waals surface area (Å²) in [6.45, 7) is 0. The summed E-state index contributed by atoms with van der Waals surface area (Å²) in [4.78, 5) is 20.6. The number of primary amides is 1. The molecule has 68 valence electrons. The lowest BCUT2D eigenvalue weighted by atomic mass is 10.2. The first kappa shape index (κ1) is 9.66. The number of benzene rings is 1. The largest absolute Gasteiger partial charge is 0.365 e. The second kappa shape index (κ2) is 3.53. The normalized spacial score (nSPS) is 9.62. The highest BCUT2D eigenvalue weighted by Gasteiger charge is 2.20. The van der Waals surface area contributed by atoms with Crippen molar-refractivity contribution in [3.8, 4) is 0 Å². The monoisotopic (exact) mass is 244 g/mol. The van der Waals surface area contributed by atoms with Gasteiger partial charge in [0.2, 0.25) is 0 Å². The topological polar surface area (TPSA) is 86.2 Å². The second-order valence-electron chi connectivity index (χ2n) is 2.26. The van der Waals surface area contributed by atoms with E-state index in [-0.39, 0.29) is 11.3 Å². The van der Waals surface area contributed by atoms with Crippen molar-refractivity contribution >= 4 is 27.5 Å². The van der Waals surface area contributed by atoms with E-state index in [0.29, 0.717) is 4.47 Å². The third-order valence-corrected chi connectivity index (χ3v) is 2.10. The molecule has 1 amide bonds. The van der Waals surface area contributed by atoms with Gasteiger partial charge < -0.3 is 5.73 Å². The van der Waals surface area contributed by atoms with Crippen molar-refractivity contribution in [2.24, 2.45) is 5.73 Å². The lowest BCUT2D eigenvalue weighted by Crippen LogP contribution is -2.14. The van der Waals surface area contributed by atoms with Gasteiger partial charge in [0.1, 0.15) is 5.56 Å². The zero-order valence-electron chi connectivity index (χ0n) is 6.36. The van der Waals surface area contributed by atoms with Gasteiger partial charge in [0.25, 0.3) is 11.6 Å². The Hall–Kier alpha value is -1.43. The molecule has 1 aromatic rings. The average molecular weight is 245 g/mol. The highest BCUT2D eigenvalue weighted by Crippen LogP contribution is 2.25. The molecule has 0 aliphatic rings. The summed E-state index contributed by atoms with van der Waals surface area (Å²) in [5.41, 5.74) is 4.59. The van der Waals surface area contributed by atoms with Gasteiger partial charge in [0, 0.05) is 10.5 Å². The molecule has 0 atom stereocenters. The van der Waals surface area contributed by atoms with Crippen molar-refractivity contribution in [1.29, 1.82) is 0 Å². The van der Waals surface area contributed by atoms with Gasteiger partial charge in [0.05, 0.1) is 4.92 Å². The molecule has 0 saturated heterocycles. The van der Waals surface area contributed by atoms with E-state index < -0.39 is 10.8 Å². The maximum Gasteiger partial charge on any atom is 0.283 e. The Labute approximate surface area is 81.8 Å². The maximum absolute atomic E-state index is 10.8. The van der Waals surface area contributed by atoms with Crippen LogP contribution >= 0.6 is 15.9 Å². The quantitative estimate of drug-likeness (QED) is 0.631. The number of rotatable bonds is 2. The zero-order chi connectivity index (χ0) is 10.0. The molecular weight excluding hydrogens is 240 g/mol. The van der Waals surface area contributed by atoms with Gasteiger partial charge in [-0.15, -0.1) is 0 Å². The molecule has 13 heavy (non-hydrogen) atoms. The summed E-state index contributed by atoms with van der Waals surface area (Å²) in [7, 11) is 0. The molecule has 0 saturated carbocycles. The van der Waals surface area contributed by atoms with Crippen LogP contribution in [-0.2, 0) is 0 Å². The first-order valence-corrected chi connectivity index (χ1v) is 4.06. The van der Waals surface area contributed by atoms with E-state index in [2.05, 4.69) is 15.9 Å². The molecule has 0 aromatic heterocycles. The summed E-state index contributed by atoms with van der Waals surface area (Å²) in [6.07, 6.45) is 0. The Morgan fingerprint density at radius 1 is 1.54 bits per heavy atom. The Bertz CT molecular complexity index is 378. The Kier molecular flexibility index (Phi) is 2.62. The third-order valence-electron chi connectivity index (χ3n) is 1.43. The Morgan fingerprint density at radius 2 is 2.15 bits per heavy atom. The number of nitro benzene ring substituents is 1. The highest BCUT2D eigenvalue weighted by molar-refractivity contribution is 9.10. The number of nitro groups is 1. The minimum Gasteiger partial charge on any atom is -0.365 e. The van der Waals surface area contributed by atoms with Crippen molar-refractivity contribution in [1.82, 2.24) is 0 Å². The standard InChI is InChI=1S/C7H5BrN2O3/c8-4-2-1-3-5(10(12)13)6(4)7(9)11/h1-3H,(H2,9,11). The van der Waals surface area contributed by atoms with Gasteiger partial charge in [-0.1, -0.05) is 6.07 Å². The van der Waals surface area contributed by atoms with E-state index in [4.69, 9.17) is 5.73 Å². The summed E-state index contributed by atoms with van der Waals surface area (Å²) >= 11 is 3.01. The SMILES string of the molecule is NC(=O)c1c(Br)cccc1[N+](=O)[O-]. The van der Waals surface area contributed by atoms with Crippen LogP contribution in [0.15, 0.2) is 22.7 Å². The Morgan fingerprint density at radius 3 is 2.54 bits per heavy atom. The molecule has 0 aliphatic heterocycles. The minimum absolute atomic E-state index is 0.104. The summed E-state index contributed by atoms with van der Waals surface area (Å²) in [6, 6.07) is 4.21. The fourth-order valence-electron chi connectivity index (χ4n) is 0.909. The smallest absolute Gasteiger partial charge is 0.283 e. The molecule has 0 bridgehead atoms. The molecule has 6 heteroatoms. The van der Waals surface area contributed by atoms with Crippen molar-refractivity contribution < 1.29 is 9.72 Å². The molecule has 0 spiro atoms. The molecule has 0 unspecified atom stereocenters. The van der Waals surface area contributed by atoms with Crippen LogP contribution in [0.2, 0.25) is 0 Å². The first-order chi connectivity index (χ1) is 6.04. The molecule has 0 heterocycles. The zero-order valence-corrected chi connectivity index (χ0v) is 7.95. The fraction of sp³-hybridized carbons (Fsp3) is 0. The van der Waals surface area contributed by atoms with Crippen LogP contribution in [0, 0.1) is 10.1 Å².